The van der Waals surface area contributed by atoms with E-state index in [1.54, 1.807) is 6.07 Å². The van der Waals surface area contributed by atoms with Gasteiger partial charge in [0.1, 0.15) is 0 Å². The van der Waals surface area contributed by atoms with Crippen molar-refractivity contribution in [2.45, 2.75) is 17.7 Å². The van der Waals surface area contributed by atoms with E-state index in [0.717, 1.165) is 0 Å². The van der Waals surface area contributed by atoms with E-state index in [1.807, 2.05) is 0 Å². The Balaban J connectivity index is 1.88. The Bertz CT molecular complexity index is 671. The van der Waals surface area contributed by atoms with Crippen molar-refractivity contribution in [1.82, 2.24) is 4.31 Å². The molecule has 1 N–H and O–H groups in total. The molecule has 0 aromatic heterocycles. The molecule has 1 saturated heterocycles. The summed E-state index contributed by atoms with van der Waals surface area (Å²) in [6.45, 7) is 0.413. The van der Waals surface area contributed by atoms with Crippen LogP contribution in [0.25, 0.3) is 0 Å². The third-order valence-corrected chi connectivity index (χ3v) is 5.58. The summed E-state index contributed by atoms with van der Waals surface area (Å²) >= 11 is 0. The van der Waals surface area contributed by atoms with E-state index >= 15 is 0 Å². The zero-order valence-electron chi connectivity index (χ0n) is 11.2. The van der Waals surface area contributed by atoms with Crippen molar-refractivity contribution in [2.75, 3.05) is 19.9 Å². The molecule has 2 aliphatic rings. The molecule has 1 atom stereocenters. The second kappa shape index (κ2) is 5.19. The summed E-state index contributed by atoms with van der Waals surface area (Å²) < 4.78 is 36.7. The van der Waals surface area contributed by atoms with Crippen LogP contribution in [-0.2, 0) is 14.8 Å². The number of sulfonamides is 1. The minimum Gasteiger partial charge on any atom is -0.481 e. The van der Waals surface area contributed by atoms with Gasteiger partial charge in [0.25, 0.3) is 0 Å². The molecule has 1 unspecified atom stereocenters. The molecule has 2 heterocycles. The van der Waals surface area contributed by atoms with Gasteiger partial charge in [-0.25, -0.2) is 8.42 Å². The zero-order chi connectivity index (χ0) is 15.0. The van der Waals surface area contributed by atoms with Crippen LogP contribution in [0.3, 0.4) is 0 Å². The molecule has 0 aliphatic carbocycles. The van der Waals surface area contributed by atoms with E-state index in [1.165, 1.54) is 16.4 Å². The molecular weight excluding hydrogens is 298 g/mol. The zero-order valence-corrected chi connectivity index (χ0v) is 12.0. The Labute approximate surface area is 122 Å². The molecule has 1 aromatic carbocycles. The Morgan fingerprint density at radius 2 is 2.05 bits per heavy atom. The molecule has 0 spiro atoms. The highest BCUT2D eigenvalue weighted by atomic mass is 32.2. The highest BCUT2D eigenvalue weighted by Gasteiger charge is 2.33. The van der Waals surface area contributed by atoms with Gasteiger partial charge in [0.15, 0.2) is 11.5 Å². The number of aliphatic carboxylic acids is 1. The fraction of sp³-hybridized carbons (Fsp3) is 0.462. The van der Waals surface area contributed by atoms with Crippen LogP contribution in [0, 0.1) is 5.92 Å². The average Bonchev–Trinajstić information content (AvgIpc) is 2.94. The summed E-state index contributed by atoms with van der Waals surface area (Å²) in [5.41, 5.74) is 0. The van der Waals surface area contributed by atoms with Gasteiger partial charge >= 0.3 is 5.97 Å². The lowest BCUT2D eigenvalue weighted by Gasteiger charge is -2.29. The largest absolute Gasteiger partial charge is 0.481 e. The van der Waals surface area contributed by atoms with Crippen LogP contribution in [-0.4, -0.2) is 43.7 Å². The standard InChI is InChI=1S/C13H15NO6S/c15-13(16)9-2-1-5-14(7-9)21(17,18)10-3-4-11-12(6-10)20-8-19-11/h3-4,6,9H,1-2,5,7-8H2,(H,15,16). The molecule has 114 valence electrons. The minimum absolute atomic E-state index is 0.00606. The molecular formula is C13H15NO6S. The second-order valence-corrected chi connectivity index (χ2v) is 6.99. The number of fused-ring (bicyclic) bond motifs is 1. The second-order valence-electron chi connectivity index (χ2n) is 5.06. The first-order valence-corrected chi connectivity index (χ1v) is 8.05. The molecule has 21 heavy (non-hydrogen) atoms. The number of carboxylic acid groups (broad SMARTS) is 1. The number of rotatable bonds is 3. The monoisotopic (exact) mass is 313 g/mol. The first-order valence-electron chi connectivity index (χ1n) is 6.61. The number of carboxylic acids is 1. The number of nitrogens with zero attached hydrogens (tertiary/aromatic N) is 1. The number of ether oxygens (including phenoxy) is 2. The first-order chi connectivity index (χ1) is 9.98. The molecule has 0 bridgehead atoms. The van der Waals surface area contributed by atoms with Crippen LogP contribution in [0.15, 0.2) is 23.1 Å². The van der Waals surface area contributed by atoms with Crippen LogP contribution in [0.1, 0.15) is 12.8 Å². The highest BCUT2D eigenvalue weighted by Crippen LogP contribution is 2.35. The average molecular weight is 313 g/mol. The van der Waals surface area contributed by atoms with Crippen LogP contribution in [0.2, 0.25) is 0 Å². The highest BCUT2D eigenvalue weighted by molar-refractivity contribution is 7.89. The number of piperidine rings is 1. The summed E-state index contributed by atoms with van der Waals surface area (Å²) in [7, 11) is -3.72. The van der Waals surface area contributed by atoms with Crippen molar-refractivity contribution >= 4 is 16.0 Å². The Morgan fingerprint density at radius 1 is 1.29 bits per heavy atom. The fourth-order valence-electron chi connectivity index (χ4n) is 2.55. The normalized spacial score (nSPS) is 22.2. The lowest BCUT2D eigenvalue weighted by molar-refractivity contribution is -0.142. The maximum absolute atomic E-state index is 12.6. The van der Waals surface area contributed by atoms with Crippen molar-refractivity contribution in [3.63, 3.8) is 0 Å². The first kappa shape index (κ1) is 14.2. The van der Waals surface area contributed by atoms with Gasteiger partial charge in [-0.1, -0.05) is 0 Å². The van der Waals surface area contributed by atoms with E-state index < -0.39 is 21.9 Å². The van der Waals surface area contributed by atoms with Gasteiger partial charge in [0, 0.05) is 19.2 Å². The number of carbonyl (C=O) groups is 1. The van der Waals surface area contributed by atoms with E-state index in [-0.39, 0.29) is 18.2 Å². The summed E-state index contributed by atoms with van der Waals surface area (Å²) in [5, 5.41) is 9.06. The van der Waals surface area contributed by atoms with Gasteiger partial charge in [-0.05, 0) is 25.0 Å². The van der Waals surface area contributed by atoms with Crippen molar-refractivity contribution < 1.29 is 27.8 Å². The Hall–Kier alpha value is -1.80. The minimum atomic E-state index is -3.72. The third-order valence-electron chi connectivity index (χ3n) is 3.72. The van der Waals surface area contributed by atoms with Gasteiger partial charge in [-0.2, -0.15) is 4.31 Å². The van der Waals surface area contributed by atoms with Crippen LogP contribution in [0.5, 0.6) is 11.5 Å². The van der Waals surface area contributed by atoms with Gasteiger partial charge in [0.2, 0.25) is 16.8 Å². The van der Waals surface area contributed by atoms with Crippen molar-refractivity contribution in [3.05, 3.63) is 18.2 Å². The maximum Gasteiger partial charge on any atom is 0.307 e. The quantitative estimate of drug-likeness (QED) is 0.891. The van der Waals surface area contributed by atoms with Gasteiger partial charge in [0.05, 0.1) is 10.8 Å². The Kier molecular flexibility index (Phi) is 3.50. The Morgan fingerprint density at radius 3 is 2.81 bits per heavy atom. The predicted molar refractivity (Wildman–Crippen MR) is 71.7 cm³/mol. The molecule has 0 amide bonds. The van der Waals surface area contributed by atoms with Gasteiger partial charge in [-0.15, -0.1) is 0 Å². The summed E-state index contributed by atoms with van der Waals surface area (Å²) in [4.78, 5) is 11.2. The molecule has 7 nitrogen and oxygen atoms in total. The van der Waals surface area contributed by atoms with Crippen LogP contribution >= 0.6 is 0 Å². The van der Waals surface area contributed by atoms with Crippen LogP contribution < -0.4 is 9.47 Å². The molecule has 1 fully saturated rings. The maximum atomic E-state index is 12.6. The third kappa shape index (κ3) is 2.56. The summed E-state index contributed by atoms with van der Waals surface area (Å²) in [5.74, 6) is -0.706. The van der Waals surface area contributed by atoms with E-state index in [9.17, 15) is 13.2 Å². The molecule has 0 radical (unpaired) electrons. The van der Waals surface area contributed by atoms with Gasteiger partial charge in [-0.3, -0.25) is 4.79 Å². The SMILES string of the molecule is O=C(O)C1CCCN(S(=O)(=O)c2ccc3c(c2)OCO3)C1. The summed E-state index contributed by atoms with van der Waals surface area (Å²) in [6.07, 6.45) is 1.04. The fourth-order valence-corrected chi connectivity index (χ4v) is 4.09. The smallest absolute Gasteiger partial charge is 0.307 e. The van der Waals surface area contributed by atoms with Crippen molar-refractivity contribution in [3.8, 4) is 11.5 Å². The predicted octanol–water partition coefficient (Wildman–Crippen LogP) is 0.901. The van der Waals surface area contributed by atoms with E-state index in [0.29, 0.717) is 30.9 Å². The lowest BCUT2D eigenvalue weighted by Crippen LogP contribution is -2.42. The van der Waals surface area contributed by atoms with Crippen LogP contribution in [0.4, 0.5) is 0 Å². The number of benzene rings is 1. The van der Waals surface area contributed by atoms with Crippen molar-refractivity contribution in [1.29, 1.82) is 0 Å². The van der Waals surface area contributed by atoms with Crippen molar-refractivity contribution in [2.24, 2.45) is 5.92 Å². The van der Waals surface area contributed by atoms with Gasteiger partial charge < -0.3 is 14.6 Å². The molecule has 2 aliphatic heterocycles. The topological polar surface area (TPSA) is 93.1 Å². The van der Waals surface area contributed by atoms with E-state index in [4.69, 9.17) is 14.6 Å². The number of hydrogen-bond acceptors (Lipinski definition) is 5. The lowest BCUT2D eigenvalue weighted by atomic mass is 10.0. The molecule has 0 saturated carbocycles. The molecule has 8 heteroatoms. The number of hydrogen-bond donors (Lipinski definition) is 1. The van der Waals surface area contributed by atoms with E-state index in [2.05, 4.69) is 0 Å². The molecule has 3 rings (SSSR count). The summed E-state index contributed by atoms with van der Waals surface area (Å²) in [6, 6.07) is 4.42. The molecule has 1 aromatic rings.